The Hall–Kier alpha value is -1.39. The third-order valence-electron chi connectivity index (χ3n) is 1.37. The fraction of sp³-hybridized carbons (Fsp3) is 0.125. The number of carbonyl (C=O) groups excluding carboxylic acids is 1. The summed E-state index contributed by atoms with van der Waals surface area (Å²) < 4.78 is 4.50. The van der Waals surface area contributed by atoms with Gasteiger partial charge in [-0.05, 0) is 6.07 Å². The summed E-state index contributed by atoms with van der Waals surface area (Å²) in [5.74, 6) is 0.155. The van der Waals surface area contributed by atoms with Crippen molar-refractivity contribution in [3.63, 3.8) is 0 Å². The Labute approximate surface area is 69.0 Å². The minimum Gasteiger partial charge on any atom is -0.428 e. The van der Waals surface area contributed by atoms with Gasteiger partial charge in [0.15, 0.2) is 6.29 Å². The summed E-state index contributed by atoms with van der Waals surface area (Å²) in [6.07, 6.45) is -1.62. The van der Waals surface area contributed by atoms with E-state index in [1.165, 1.54) is 12.1 Å². The number of benzene rings is 1. The molecule has 2 N–H and O–H groups in total. The van der Waals surface area contributed by atoms with Gasteiger partial charge in [0.25, 0.3) is 6.47 Å². The van der Waals surface area contributed by atoms with E-state index < -0.39 is 6.29 Å². The van der Waals surface area contributed by atoms with Gasteiger partial charge in [0.05, 0.1) is 5.56 Å². The number of aliphatic hydroxyl groups excluding tert-OH is 1. The quantitative estimate of drug-likeness (QED) is 0.500. The summed E-state index contributed by atoms with van der Waals surface area (Å²) in [7, 11) is 0. The van der Waals surface area contributed by atoms with Gasteiger partial charge in [-0.25, -0.2) is 0 Å². The number of hydrogen-bond acceptors (Lipinski definition) is 4. The Kier molecular flexibility index (Phi) is 2.79. The Morgan fingerprint density at radius 2 is 2.00 bits per heavy atom. The van der Waals surface area contributed by atoms with Crippen LogP contribution in [0.3, 0.4) is 0 Å². The smallest absolute Gasteiger partial charge is 0.298 e. The van der Waals surface area contributed by atoms with Crippen molar-refractivity contribution in [3.05, 3.63) is 29.8 Å². The fourth-order valence-corrected chi connectivity index (χ4v) is 0.853. The largest absolute Gasteiger partial charge is 0.428 e. The molecule has 4 heteroatoms. The monoisotopic (exact) mass is 168 g/mol. The van der Waals surface area contributed by atoms with Crippen LogP contribution in [-0.2, 0) is 4.79 Å². The molecule has 0 heterocycles. The zero-order valence-corrected chi connectivity index (χ0v) is 6.18. The van der Waals surface area contributed by atoms with Gasteiger partial charge >= 0.3 is 0 Å². The van der Waals surface area contributed by atoms with Crippen LogP contribution < -0.4 is 4.74 Å². The lowest BCUT2D eigenvalue weighted by Crippen LogP contribution is -1.99. The third kappa shape index (κ3) is 1.81. The molecule has 0 amide bonds. The van der Waals surface area contributed by atoms with Gasteiger partial charge < -0.3 is 14.9 Å². The van der Waals surface area contributed by atoms with Crippen molar-refractivity contribution in [2.24, 2.45) is 0 Å². The minimum atomic E-state index is -1.62. The number of carbonyl (C=O) groups is 1. The summed E-state index contributed by atoms with van der Waals surface area (Å²) >= 11 is 0. The lowest BCUT2D eigenvalue weighted by Gasteiger charge is -2.07. The molecule has 12 heavy (non-hydrogen) atoms. The first-order chi connectivity index (χ1) is 5.75. The lowest BCUT2D eigenvalue weighted by atomic mass is 10.2. The first kappa shape index (κ1) is 8.70. The van der Waals surface area contributed by atoms with Crippen LogP contribution in [0.4, 0.5) is 0 Å². The number of para-hydroxylation sites is 1. The van der Waals surface area contributed by atoms with E-state index in [-0.39, 0.29) is 17.8 Å². The zero-order chi connectivity index (χ0) is 8.97. The molecule has 1 aromatic rings. The standard InChI is InChI=1S/C8H8O4/c9-5-12-7-4-2-1-3-6(7)8(10)11/h1-5,8,10-11H. The van der Waals surface area contributed by atoms with E-state index in [1.54, 1.807) is 12.1 Å². The van der Waals surface area contributed by atoms with Crippen LogP contribution in [0.1, 0.15) is 11.9 Å². The first-order valence-corrected chi connectivity index (χ1v) is 3.31. The van der Waals surface area contributed by atoms with Crippen molar-refractivity contribution in [1.82, 2.24) is 0 Å². The highest BCUT2D eigenvalue weighted by molar-refractivity contribution is 5.48. The summed E-state index contributed by atoms with van der Waals surface area (Å²) in [6.45, 7) is 0.237. The van der Waals surface area contributed by atoms with Crippen LogP contribution in [0.5, 0.6) is 5.75 Å². The van der Waals surface area contributed by atoms with E-state index in [9.17, 15) is 4.79 Å². The molecule has 0 unspecified atom stereocenters. The summed E-state index contributed by atoms with van der Waals surface area (Å²) in [6, 6.07) is 6.18. The molecular weight excluding hydrogens is 160 g/mol. The average Bonchev–Trinajstić information content (AvgIpc) is 2.05. The molecule has 0 bridgehead atoms. The topological polar surface area (TPSA) is 66.8 Å². The SMILES string of the molecule is O=COc1ccccc1C(O)O. The average molecular weight is 168 g/mol. The maximum atomic E-state index is 9.96. The van der Waals surface area contributed by atoms with Gasteiger partial charge in [0, 0.05) is 0 Å². The third-order valence-corrected chi connectivity index (χ3v) is 1.37. The normalized spacial score (nSPS) is 9.92. The molecule has 0 spiro atoms. The van der Waals surface area contributed by atoms with E-state index in [2.05, 4.69) is 4.74 Å². The van der Waals surface area contributed by atoms with Gasteiger partial charge in [0.1, 0.15) is 5.75 Å². The Bertz CT molecular complexity index is 270. The molecule has 1 aromatic carbocycles. The molecule has 0 aliphatic carbocycles. The van der Waals surface area contributed by atoms with Gasteiger partial charge in [-0.3, -0.25) is 4.79 Å². The molecule has 0 aliphatic rings. The molecule has 0 aromatic heterocycles. The summed E-state index contributed by atoms with van der Waals surface area (Å²) in [4.78, 5) is 9.96. The second-order valence-electron chi connectivity index (χ2n) is 2.13. The maximum absolute atomic E-state index is 9.96. The second-order valence-corrected chi connectivity index (χ2v) is 2.13. The van der Waals surface area contributed by atoms with Crippen LogP contribution in [0.15, 0.2) is 24.3 Å². The summed E-state index contributed by atoms with van der Waals surface area (Å²) in [5.41, 5.74) is 0.171. The van der Waals surface area contributed by atoms with Gasteiger partial charge in [-0.2, -0.15) is 0 Å². The fourth-order valence-electron chi connectivity index (χ4n) is 0.853. The van der Waals surface area contributed by atoms with Crippen molar-refractivity contribution in [2.45, 2.75) is 6.29 Å². The van der Waals surface area contributed by atoms with Crippen LogP contribution in [0.25, 0.3) is 0 Å². The number of hydrogen-bond donors (Lipinski definition) is 2. The molecular formula is C8H8O4. The van der Waals surface area contributed by atoms with Gasteiger partial charge in [0.2, 0.25) is 0 Å². The predicted molar refractivity (Wildman–Crippen MR) is 40.3 cm³/mol. The first-order valence-electron chi connectivity index (χ1n) is 3.31. The lowest BCUT2D eigenvalue weighted by molar-refractivity contribution is -0.121. The van der Waals surface area contributed by atoms with Crippen molar-refractivity contribution >= 4 is 6.47 Å². The van der Waals surface area contributed by atoms with E-state index >= 15 is 0 Å². The van der Waals surface area contributed by atoms with Crippen LogP contribution in [0, 0.1) is 0 Å². The van der Waals surface area contributed by atoms with Crippen molar-refractivity contribution in [2.75, 3.05) is 0 Å². The number of rotatable bonds is 3. The van der Waals surface area contributed by atoms with Crippen molar-refractivity contribution < 1.29 is 19.7 Å². The Morgan fingerprint density at radius 1 is 1.33 bits per heavy atom. The van der Waals surface area contributed by atoms with E-state index in [1.807, 2.05) is 0 Å². The summed E-state index contributed by atoms with van der Waals surface area (Å²) in [5, 5.41) is 17.6. The second kappa shape index (κ2) is 3.85. The molecule has 0 aliphatic heterocycles. The van der Waals surface area contributed by atoms with Crippen LogP contribution in [0.2, 0.25) is 0 Å². The predicted octanol–water partition coefficient (Wildman–Crippen LogP) is 0.205. The molecule has 1 rings (SSSR count). The molecule has 0 saturated carbocycles. The van der Waals surface area contributed by atoms with Gasteiger partial charge in [-0.1, -0.05) is 18.2 Å². The zero-order valence-electron chi connectivity index (χ0n) is 6.18. The van der Waals surface area contributed by atoms with E-state index in [4.69, 9.17) is 10.2 Å². The molecule has 0 fully saturated rings. The molecule has 0 radical (unpaired) electrons. The van der Waals surface area contributed by atoms with Crippen molar-refractivity contribution in [3.8, 4) is 5.75 Å². The highest BCUT2D eigenvalue weighted by Crippen LogP contribution is 2.22. The Morgan fingerprint density at radius 3 is 2.58 bits per heavy atom. The molecule has 0 atom stereocenters. The molecule has 0 saturated heterocycles. The Balaban J connectivity index is 2.99. The minimum absolute atomic E-state index is 0.155. The van der Waals surface area contributed by atoms with Crippen LogP contribution in [-0.4, -0.2) is 16.7 Å². The van der Waals surface area contributed by atoms with Gasteiger partial charge in [-0.15, -0.1) is 0 Å². The number of aliphatic hydroxyl groups is 2. The molecule has 64 valence electrons. The maximum Gasteiger partial charge on any atom is 0.298 e. The highest BCUT2D eigenvalue weighted by atomic mass is 16.5. The van der Waals surface area contributed by atoms with Crippen molar-refractivity contribution in [1.29, 1.82) is 0 Å². The van der Waals surface area contributed by atoms with E-state index in [0.717, 1.165) is 0 Å². The number of ether oxygens (including phenoxy) is 1. The van der Waals surface area contributed by atoms with E-state index in [0.29, 0.717) is 0 Å². The highest BCUT2D eigenvalue weighted by Gasteiger charge is 2.08. The van der Waals surface area contributed by atoms with Crippen LogP contribution >= 0.6 is 0 Å². The molecule has 4 nitrogen and oxygen atoms in total.